The number of hydrogen-bond donors (Lipinski definition) is 6. The van der Waals surface area contributed by atoms with Crippen LogP contribution in [0.2, 0.25) is 5.02 Å². The van der Waals surface area contributed by atoms with Gasteiger partial charge in [-0.3, -0.25) is 5.41 Å². The van der Waals surface area contributed by atoms with Gasteiger partial charge in [0.05, 0.1) is 17.4 Å². The first-order valence-electron chi connectivity index (χ1n) is 6.71. The average Bonchev–Trinajstić information content (AvgIpc) is 2.44. The highest BCUT2D eigenvalue weighted by molar-refractivity contribution is 7.90. The Morgan fingerprint density at radius 2 is 1.92 bits per heavy atom. The third-order valence-electron chi connectivity index (χ3n) is 2.86. The summed E-state index contributed by atoms with van der Waals surface area (Å²) in [5.41, 5.74) is 10.4. The molecule has 0 saturated heterocycles. The molecule has 1 aliphatic heterocycles. The molecule has 0 atom stereocenters. The maximum atomic E-state index is 11.6. The molecule has 0 unspecified atom stereocenters. The number of aliphatic imine (C=N–C) groups is 1. The summed E-state index contributed by atoms with van der Waals surface area (Å²) in [6.45, 7) is 0.0143. The number of sulfonamides is 2. The first kappa shape index (κ1) is 21.9. The van der Waals surface area contributed by atoms with E-state index in [0.717, 1.165) is 6.07 Å². The summed E-state index contributed by atoms with van der Waals surface area (Å²) in [5, 5.41) is 14.2. The van der Waals surface area contributed by atoms with Crippen LogP contribution in [0.4, 0.5) is 5.69 Å². The van der Waals surface area contributed by atoms with E-state index in [0.29, 0.717) is 0 Å². The van der Waals surface area contributed by atoms with Crippen molar-refractivity contribution in [3.8, 4) is 0 Å². The van der Waals surface area contributed by atoms with Crippen LogP contribution in [0.5, 0.6) is 0 Å². The number of nitrogens with one attached hydrogen (secondary N) is 3. The van der Waals surface area contributed by atoms with Crippen LogP contribution in [0.3, 0.4) is 0 Å². The van der Waals surface area contributed by atoms with E-state index in [9.17, 15) is 16.8 Å². The van der Waals surface area contributed by atoms with E-state index in [4.69, 9.17) is 33.6 Å². The Balaban J connectivity index is 0.000000321. The number of benzene rings is 1. The van der Waals surface area contributed by atoms with E-state index in [1.165, 1.54) is 6.07 Å². The molecule has 146 valence electrons. The summed E-state index contributed by atoms with van der Waals surface area (Å²) < 4.78 is 47.9. The fraction of sp³-hybridized carbons (Fsp3) is 0.273. The molecule has 0 amide bonds. The van der Waals surface area contributed by atoms with Gasteiger partial charge in [-0.15, -0.1) is 0 Å². The minimum absolute atomic E-state index is 0.0143. The molecule has 0 bridgehead atoms. The van der Waals surface area contributed by atoms with Crippen molar-refractivity contribution in [2.24, 2.45) is 21.6 Å². The number of hydrogen-bond acceptors (Lipinski definition) is 6. The van der Waals surface area contributed by atoms with Crippen LogP contribution in [-0.2, 0) is 20.0 Å². The van der Waals surface area contributed by atoms with Gasteiger partial charge in [0, 0.05) is 14.1 Å². The van der Waals surface area contributed by atoms with Crippen LogP contribution in [0.15, 0.2) is 26.9 Å². The van der Waals surface area contributed by atoms with Crippen molar-refractivity contribution in [3.63, 3.8) is 0 Å². The van der Waals surface area contributed by atoms with Crippen molar-refractivity contribution in [1.29, 1.82) is 5.41 Å². The third-order valence-corrected chi connectivity index (χ3v) is 5.68. The molecular weight excluding hydrogens is 408 g/mol. The molecule has 2 rings (SSSR count). The Morgan fingerprint density at radius 1 is 1.35 bits per heavy atom. The molecule has 0 aromatic heterocycles. The van der Waals surface area contributed by atoms with Crippen molar-refractivity contribution in [1.82, 2.24) is 9.62 Å². The van der Waals surface area contributed by atoms with Crippen molar-refractivity contribution < 1.29 is 16.8 Å². The summed E-state index contributed by atoms with van der Waals surface area (Å²) in [6, 6.07) is 2.15. The zero-order valence-corrected chi connectivity index (χ0v) is 16.2. The molecule has 9 N–H and O–H groups in total. The molecule has 0 saturated carbocycles. The maximum absolute atomic E-state index is 11.6. The van der Waals surface area contributed by atoms with Gasteiger partial charge in [0.2, 0.25) is 26.0 Å². The highest BCUT2D eigenvalue weighted by atomic mass is 35.5. The van der Waals surface area contributed by atoms with Gasteiger partial charge >= 0.3 is 0 Å². The van der Waals surface area contributed by atoms with Crippen molar-refractivity contribution >= 4 is 49.3 Å². The SMILES string of the molecule is CN(C)C(N)=NC(=N)N.NS(=O)(=O)c1cc2c(cc1Cl)NCNS2(=O)=O. The highest BCUT2D eigenvalue weighted by Crippen LogP contribution is 2.32. The molecule has 15 heteroatoms. The van der Waals surface area contributed by atoms with E-state index < -0.39 is 24.9 Å². The molecule has 1 aromatic rings. The lowest BCUT2D eigenvalue weighted by molar-refractivity contribution is 0.581. The first-order chi connectivity index (χ1) is 11.8. The predicted molar refractivity (Wildman–Crippen MR) is 98.9 cm³/mol. The molecule has 1 aromatic carbocycles. The van der Waals surface area contributed by atoms with Gasteiger partial charge in [-0.1, -0.05) is 11.6 Å². The van der Waals surface area contributed by atoms with Crippen LogP contribution in [-0.4, -0.2) is 54.4 Å². The molecule has 12 nitrogen and oxygen atoms in total. The highest BCUT2D eigenvalue weighted by Gasteiger charge is 2.26. The van der Waals surface area contributed by atoms with Gasteiger partial charge in [-0.25, -0.2) is 22.0 Å². The summed E-state index contributed by atoms with van der Waals surface area (Å²) >= 11 is 5.72. The zero-order valence-electron chi connectivity index (χ0n) is 13.8. The maximum Gasteiger partial charge on any atom is 0.244 e. The zero-order chi connectivity index (χ0) is 20.3. The number of halogens is 1. The van der Waals surface area contributed by atoms with Crippen LogP contribution in [0.25, 0.3) is 0 Å². The van der Waals surface area contributed by atoms with Gasteiger partial charge < -0.3 is 21.7 Å². The predicted octanol–water partition coefficient (Wildman–Crippen LogP) is -1.60. The van der Waals surface area contributed by atoms with Gasteiger partial charge in [-0.2, -0.15) is 9.71 Å². The van der Waals surface area contributed by atoms with Gasteiger partial charge in [0.15, 0.2) is 5.96 Å². The molecule has 0 aliphatic carbocycles. The normalized spacial score (nSPS) is 15.8. The Kier molecular flexibility index (Phi) is 6.78. The lowest BCUT2D eigenvalue weighted by atomic mass is 10.3. The largest absolute Gasteiger partial charge is 0.370 e. The minimum Gasteiger partial charge on any atom is -0.370 e. The number of nitrogens with zero attached hydrogens (tertiary/aromatic N) is 2. The van der Waals surface area contributed by atoms with Crippen LogP contribution < -0.4 is 26.6 Å². The Labute approximate surface area is 156 Å². The second-order valence-electron chi connectivity index (χ2n) is 5.07. The molecule has 26 heavy (non-hydrogen) atoms. The van der Waals surface area contributed by atoms with Crippen LogP contribution in [0.1, 0.15) is 0 Å². The van der Waals surface area contributed by atoms with E-state index in [1.54, 1.807) is 19.0 Å². The summed E-state index contributed by atoms with van der Waals surface area (Å²) in [5.74, 6) is -0.0382. The van der Waals surface area contributed by atoms with Crippen molar-refractivity contribution in [3.05, 3.63) is 17.2 Å². The number of nitrogens with two attached hydrogens (primary N) is 3. The topological polar surface area (TPSA) is 210 Å². The summed E-state index contributed by atoms with van der Waals surface area (Å²) in [6.07, 6.45) is 0. The van der Waals surface area contributed by atoms with E-state index in [2.05, 4.69) is 15.0 Å². The average molecular weight is 427 g/mol. The summed E-state index contributed by atoms with van der Waals surface area (Å²) in [7, 11) is -4.35. The van der Waals surface area contributed by atoms with E-state index in [1.807, 2.05) is 0 Å². The van der Waals surface area contributed by atoms with Crippen molar-refractivity contribution in [2.75, 3.05) is 26.1 Å². The van der Waals surface area contributed by atoms with Crippen molar-refractivity contribution in [2.45, 2.75) is 9.79 Å². The van der Waals surface area contributed by atoms with Crippen LogP contribution in [0, 0.1) is 5.41 Å². The van der Waals surface area contributed by atoms with Gasteiger partial charge in [0.25, 0.3) is 0 Å². The molecule has 0 spiro atoms. The second kappa shape index (κ2) is 8.05. The molecule has 1 heterocycles. The molecule has 0 radical (unpaired) electrons. The lowest BCUT2D eigenvalue weighted by Gasteiger charge is -2.20. The smallest absolute Gasteiger partial charge is 0.244 e. The standard InChI is InChI=1S/C7H8ClN3O4S2.C4H11N5/c8-4-1-5-7(2-6(4)16(9,12)13)17(14,15)11-3-10-5;1-9(2)4(7)8-3(5)6/h1-2,10-11H,3H2,(H2,9,12,13);1-2H3,(H5,5,6,7,8). The number of primary sulfonamides is 1. The monoisotopic (exact) mass is 426 g/mol. The Morgan fingerprint density at radius 3 is 2.35 bits per heavy atom. The van der Waals surface area contributed by atoms with E-state index in [-0.39, 0.29) is 34.2 Å². The Bertz CT molecular complexity index is 943. The number of anilines is 1. The first-order valence-corrected chi connectivity index (χ1v) is 10.1. The van der Waals surface area contributed by atoms with Gasteiger partial charge in [-0.05, 0) is 12.1 Å². The third kappa shape index (κ3) is 5.70. The minimum atomic E-state index is -4.07. The lowest BCUT2D eigenvalue weighted by Crippen LogP contribution is -2.34. The van der Waals surface area contributed by atoms with Crippen LogP contribution >= 0.6 is 11.6 Å². The second-order valence-corrected chi connectivity index (χ2v) is 8.75. The fourth-order valence-electron chi connectivity index (χ4n) is 1.64. The van der Waals surface area contributed by atoms with Gasteiger partial charge in [0.1, 0.15) is 9.79 Å². The number of guanidine groups is 2. The quantitative estimate of drug-likeness (QED) is 0.227. The Hall–Kier alpha value is -2.13. The molecular formula is C11H19ClN8O4S2. The fourth-order valence-corrected chi connectivity index (χ4v) is 3.93. The number of rotatable bonds is 1. The van der Waals surface area contributed by atoms with E-state index >= 15 is 0 Å². The molecule has 0 fully saturated rings. The number of fused-ring (bicyclic) bond motifs is 1. The summed E-state index contributed by atoms with van der Waals surface area (Å²) in [4.78, 5) is 4.41. The molecule has 1 aliphatic rings.